The van der Waals surface area contributed by atoms with Crippen LogP contribution in [0.4, 0.5) is 0 Å². The first-order valence-corrected chi connectivity index (χ1v) is 8.03. The van der Waals surface area contributed by atoms with Crippen molar-refractivity contribution in [1.82, 2.24) is 0 Å². The lowest BCUT2D eigenvalue weighted by Crippen LogP contribution is -3.00. The Kier molecular flexibility index (Phi) is 6.85. The number of benzene rings is 2. The van der Waals surface area contributed by atoms with E-state index in [0.717, 1.165) is 11.3 Å². The molecule has 0 unspecified atom stereocenters. The van der Waals surface area contributed by atoms with Crippen molar-refractivity contribution in [3.05, 3.63) is 59.8 Å². The summed E-state index contributed by atoms with van der Waals surface area (Å²) in [6.07, 6.45) is 4.06. The predicted octanol–water partition coefficient (Wildman–Crippen LogP) is 0.864. The Morgan fingerprint density at radius 1 is 0.808 bits per heavy atom. The van der Waals surface area contributed by atoms with Crippen molar-refractivity contribution in [2.75, 3.05) is 21.3 Å². The largest absolute Gasteiger partial charge is 1.00 e. The van der Waals surface area contributed by atoms with Crippen LogP contribution in [-0.2, 0) is 7.05 Å². The zero-order valence-corrected chi connectivity index (χ0v) is 17.5. The SMILES string of the molecule is COc1cc(OC)c(C=Cc2ccc3ccccc3[n+]2C)c(OC)c1.[I-]. The number of halogens is 1. The van der Waals surface area contributed by atoms with Crippen molar-refractivity contribution in [1.29, 1.82) is 0 Å². The fourth-order valence-electron chi connectivity index (χ4n) is 2.89. The molecule has 0 saturated carbocycles. The van der Waals surface area contributed by atoms with Gasteiger partial charge in [-0.3, -0.25) is 0 Å². The monoisotopic (exact) mass is 463 g/mol. The van der Waals surface area contributed by atoms with Gasteiger partial charge in [0.05, 0.1) is 26.9 Å². The van der Waals surface area contributed by atoms with Gasteiger partial charge in [-0.15, -0.1) is 0 Å². The Labute approximate surface area is 171 Å². The van der Waals surface area contributed by atoms with Gasteiger partial charge >= 0.3 is 0 Å². The van der Waals surface area contributed by atoms with Gasteiger partial charge in [-0.2, -0.15) is 4.57 Å². The first-order valence-electron chi connectivity index (χ1n) is 8.03. The zero-order valence-electron chi connectivity index (χ0n) is 15.3. The number of aryl methyl sites for hydroxylation is 1. The van der Waals surface area contributed by atoms with Crippen molar-refractivity contribution < 1.29 is 42.8 Å². The molecule has 0 amide bonds. The topological polar surface area (TPSA) is 31.6 Å². The summed E-state index contributed by atoms with van der Waals surface area (Å²) >= 11 is 0. The van der Waals surface area contributed by atoms with Crippen molar-refractivity contribution >= 4 is 23.1 Å². The van der Waals surface area contributed by atoms with Gasteiger partial charge in [0, 0.05) is 35.7 Å². The van der Waals surface area contributed by atoms with Crippen molar-refractivity contribution in [3.63, 3.8) is 0 Å². The van der Waals surface area contributed by atoms with E-state index in [1.165, 1.54) is 10.9 Å². The lowest BCUT2D eigenvalue weighted by Gasteiger charge is -2.12. The first-order chi connectivity index (χ1) is 12.2. The van der Waals surface area contributed by atoms with E-state index in [9.17, 15) is 0 Å². The average molecular weight is 463 g/mol. The summed E-state index contributed by atoms with van der Waals surface area (Å²) in [5.41, 5.74) is 3.14. The highest BCUT2D eigenvalue weighted by atomic mass is 127. The van der Waals surface area contributed by atoms with Gasteiger partial charge in [0.25, 0.3) is 0 Å². The standard InChI is InChI=1S/C21H22NO3.HI/c1-22-16(10-9-15-7-5-6-8-19(15)22)11-12-18-20(24-3)13-17(23-2)14-21(18)25-4;/h5-14H,1-4H3;1H/q+1;/p-1. The van der Waals surface area contributed by atoms with Crippen LogP contribution in [0.2, 0.25) is 0 Å². The molecule has 0 aliphatic heterocycles. The molecule has 0 fully saturated rings. The molecule has 1 heterocycles. The Morgan fingerprint density at radius 2 is 1.46 bits per heavy atom. The van der Waals surface area contributed by atoms with E-state index in [1.54, 1.807) is 21.3 Å². The maximum absolute atomic E-state index is 5.50. The quantitative estimate of drug-likeness (QED) is 0.416. The highest BCUT2D eigenvalue weighted by Gasteiger charge is 2.13. The number of nitrogens with zero attached hydrogens (tertiary/aromatic N) is 1. The fraction of sp³-hybridized carbons (Fsp3) is 0.190. The lowest BCUT2D eigenvalue weighted by atomic mass is 10.1. The molecule has 0 saturated heterocycles. The molecular weight excluding hydrogens is 441 g/mol. The number of hydrogen-bond donors (Lipinski definition) is 0. The van der Waals surface area contributed by atoms with Crippen LogP contribution in [0.5, 0.6) is 17.2 Å². The maximum Gasteiger partial charge on any atom is 0.212 e. The Hall–Kier alpha value is -2.28. The minimum Gasteiger partial charge on any atom is -1.00 e. The van der Waals surface area contributed by atoms with E-state index >= 15 is 0 Å². The molecule has 5 heteroatoms. The molecule has 0 spiro atoms. The number of fused-ring (bicyclic) bond motifs is 1. The number of para-hydroxylation sites is 1. The first kappa shape index (κ1) is 20.0. The number of methoxy groups -OCH3 is 3. The summed E-state index contributed by atoms with van der Waals surface area (Å²) in [6.45, 7) is 0. The van der Waals surface area contributed by atoms with E-state index < -0.39 is 0 Å². The molecule has 26 heavy (non-hydrogen) atoms. The maximum atomic E-state index is 5.50. The third-order valence-electron chi connectivity index (χ3n) is 4.29. The fourth-order valence-corrected chi connectivity index (χ4v) is 2.89. The van der Waals surface area contributed by atoms with Crippen LogP contribution in [-0.4, -0.2) is 21.3 Å². The highest BCUT2D eigenvalue weighted by Crippen LogP contribution is 2.35. The van der Waals surface area contributed by atoms with Crippen LogP contribution in [0.15, 0.2) is 48.5 Å². The van der Waals surface area contributed by atoms with Gasteiger partial charge < -0.3 is 38.2 Å². The molecule has 0 aliphatic carbocycles. The van der Waals surface area contributed by atoms with Crippen LogP contribution in [0.3, 0.4) is 0 Å². The molecule has 0 aliphatic rings. The summed E-state index contributed by atoms with van der Waals surface area (Å²) < 4.78 is 18.5. The summed E-state index contributed by atoms with van der Waals surface area (Å²) in [6, 6.07) is 16.2. The summed E-state index contributed by atoms with van der Waals surface area (Å²) in [5.74, 6) is 2.11. The van der Waals surface area contributed by atoms with E-state index in [1.807, 2.05) is 30.3 Å². The van der Waals surface area contributed by atoms with Gasteiger partial charge in [0.1, 0.15) is 24.3 Å². The normalized spacial score (nSPS) is 10.6. The van der Waals surface area contributed by atoms with Crippen molar-refractivity contribution in [2.45, 2.75) is 0 Å². The smallest absolute Gasteiger partial charge is 0.212 e. The molecule has 3 aromatic rings. The van der Waals surface area contributed by atoms with Gasteiger partial charge in [0.2, 0.25) is 11.2 Å². The molecule has 0 N–H and O–H groups in total. The number of rotatable bonds is 5. The third-order valence-corrected chi connectivity index (χ3v) is 4.29. The molecule has 136 valence electrons. The molecule has 1 aromatic heterocycles. The summed E-state index contributed by atoms with van der Waals surface area (Å²) in [5, 5.41) is 1.21. The van der Waals surface area contributed by atoms with Crippen LogP contribution in [0.1, 0.15) is 11.3 Å². The minimum atomic E-state index is 0. The predicted molar refractivity (Wildman–Crippen MR) is 100 cm³/mol. The molecule has 2 aromatic carbocycles. The second-order valence-electron chi connectivity index (χ2n) is 5.65. The van der Waals surface area contributed by atoms with E-state index in [4.69, 9.17) is 14.2 Å². The van der Waals surface area contributed by atoms with Gasteiger partial charge in [-0.25, -0.2) is 0 Å². The molecule has 3 rings (SSSR count). The number of aromatic nitrogens is 1. The van der Waals surface area contributed by atoms with Crippen molar-refractivity contribution in [3.8, 4) is 17.2 Å². The van der Waals surface area contributed by atoms with Gasteiger partial charge in [-0.1, -0.05) is 12.1 Å². The second-order valence-corrected chi connectivity index (χ2v) is 5.65. The van der Waals surface area contributed by atoms with Crippen LogP contribution < -0.4 is 42.8 Å². The lowest BCUT2D eigenvalue weighted by molar-refractivity contribution is -0.646. The zero-order chi connectivity index (χ0) is 17.8. The number of ether oxygens (including phenoxy) is 3. The third kappa shape index (κ3) is 3.93. The Balaban J connectivity index is 0.00000243. The Morgan fingerprint density at radius 3 is 2.08 bits per heavy atom. The van der Waals surface area contributed by atoms with Gasteiger partial charge in [0.15, 0.2) is 0 Å². The number of pyridine rings is 1. The van der Waals surface area contributed by atoms with E-state index in [-0.39, 0.29) is 24.0 Å². The summed E-state index contributed by atoms with van der Waals surface area (Å²) in [7, 11) is 6.96. The van der Waals surface area contributed by atoms with Crippen LogP contribution in [0, 0.1) is 0 Å². The molecule has 0 bridgehead atoms. The van der Waals surface area contributed by atoms with Crippen LogP contribution >= 0.6 is 0 Å². The highest BCUT2D eigenvalue weighted by molar-refractivity contribution is 5.79. The second kappa shape index (κ2) is 8.89. The minimum absolute atomic E-state index is 0. The Bertz CT molecular complexity index is 913. The molecule has 4 nitrogen and oxygen atoms in total. The number of hydrogen-bond acceptors (Lipinski definition) is 3. The van der Waals surface area contributed by atoms with E-state index in [0.29, 0.717) is 17.2 Å². The van der Waals surface area contributed by atoms with Crippen LogP contribution in [0.25, 0.3) is 23.1 Å². The van der Waals surface area contributed by atoms with Crippen molar-refractivity contribution in [2.24, 2.45) is 7.05 Å². The average Bonchev–Trinajstić information content (AvgIpc) is 2.67. The van der Waals surface area contributed by atoms with Gasteiger partial charge in [-0.05, 0) is 18.2 Å². The van der Waals surface area contributed by atoms with E-state index in [2.05, 4.69) is 42.0 Å². The molecular formula is C21H22INO3. The molecule has 0 radical (unpaired) electrons. The summed E-state index contributed by atoms with van der Waals surface area (Å²) in [4.78, 5) is 0. The molecule has 0 atom stereocenters.